The Morgan fingerprint density at radius 1 is 0.877 bits per heavy atom. The maximum Gasteiger partial charge on any atom is 0.262 e. The molecule has 0 saturated carbocycles. The van der Waals surface area contributed by atoms with Crippen LogP contribution in [-0.4, -0.2) is 116 Å². The van der Waals surface area contributed by atoms with Crippen molar-refractivity contribution < 1.29 is 28.5 Å². The lowest BCUT2D eigenvalue weighted by molar-refractivity contribution is -0.136. The van der Waals surface area contributed by atoms with Crippen LogP contribution in [0.3, 0.4) is 0 Å². The van der Waals surface area contributed by atoms with Gasteiger partial charge in [0, 0.05) is 80.9 Å². The number of piperidine rings is 1. The van der Waals surface area contributed by atoms with Gasteiger partial charge in [0.15, 0.2) is 5.82 Å². The highest BCUT2D eigenvalue weighted by Crippen LogP contribution is 2.39. The number of benzene rings is 3. The number of ether oxygens (including phenoxy) is 1. The molecule has 1 atom stereocenters. The lowest BCUT2D eigenvalue weighted by Gasteiger charge is -2.45. The molecular weight excluding hydrogens is 769 g/mol. The molecule has 0 radical (unpaired) electrons. The van der Waals surface area contributed by atoms with E-state index in [1.165, 1.54) is 6.20 Å². The monoisotopic (exact) mass is 811 g/mol. The standard InChI is InChI=1S/C40H43ClN9O6P/c1-56-33-19-26(9-11-30(33)44-40-42-20-29(41)36(46-40)43-31-6-4-5-7-34(31)57(2,3)55)48-16-14-47(15-17-48)21-24-22-49(23-24)25-8-10-27-28(18-25)39(54)50(38(27)53)32-12-13-35(51)45-37(32)52/h4-11,18-20,24,32H,12-17,21-23H2,1-3H3,(H,45,51,52)(H2,42,43,44,46). The normalized spacial score (nSPS) is 19.0. The lowest BCUT2D eigenvalue weighted by Crippen LogP contribution is -2.55. The molecule has 1 unspecified atom stereocenters. The first-order valence-corrected chi connectivity index (χ1v) is 21.8. The number of nitrogens with zero attached hydrogens (tertiary/aromatic N) is 6. The van der Waals surface area contributed by atoms with Gasteiger partial charge >= 0.3 is 0 Å². The molecule has 3 N–H and O–H groups in total. The molecule has 296 valence electrons. The molecule has 4 amide bonds. The van der Waals surface area contributed by atoms with Gasteiger partial charge in [-0.3, -0.25) is 34.3 Å². The van der Waals surface area contributed by atoms with E-state index in [1.807, 2.05) is 42.5 Å². The summed E-state index contributed by atoms with van der Waals surface area (Å²) < 4.78 is 18.7. The number of aromatic nitrogens is 2. The minimum absolute atomic E-state index is 0.0872. The number of anilines is 6. The molecule has 3 saturated heterocycles. The van der Waals surface area contributed by atoms with Crippen LogP contribution in [-0.2, 0) is 14.2 Å². The van der Waals surface area contributed by atoms with Crippen molar-refractivity contribution in [3.05, 3.63) is 83.0 Å². The van der Waals surface area contributed by atoms with E-state index in [0.717, 1.165) is 62.1 Å². The van der Waals surface area contributed by atoms with Gasteiger partial charge in [0.2, 0.25) is 17.8 Å². The fourth-order valence-electron chi connectivity index (χ4n) is 7.90. The summed E-state index contributed by atoms with van der Waals surface area (Å²) in [5.41, 5.74) is 3.87. The Labute approximate surface area is 335 Å². The van der Waals surface area contributed by atoms with E-state index >= 15 is 0 Å². The average Bonchev–Trinajstić information content (AvgIpc) is 3.42. The molecular formula is C40H43ClN9O6P. The van der Waals surface area contributed by atoms with Crippen LogP contribution in [0.4, 0.5) is 34.5 Å². The Morgan fingerprint density at radius 2 is 1.60 bits per heavy atom. The number of imide groups is 2. The van der Waals surface area contributed by atoms with Crippen molar-refractivity contribution in [2.45, 2.75) is 18.9 Å². The number of piperazine rings is 1. The molecule has 0 spiro atoms. The molecule has 3 fully saturated rings. The number of halogens is 1. The molecule has 15 nitrogen and oxygen atoms in total. The first-order valence-electron chi connectivity index (χ1n) is 18.8. The summed E-state index contributed by atoms with van der Waals surface area (Å²) in [6, 6.07) is 17.7. The lowest BCUT2D eigenvalue weighted by atomic mass is 9.97. The van der Waals surface area contributed by atoms with Gasteiger partial charge in [-0.1, -0.05) is 23.7 Å². The highest BCUT2D eigenvalue weighted by Gasteiger charge is 2.45. The maximum absolute atomic E-state index is 13.3. The smallest absolute Gasteiger partial charge is 0.262 e. The number of hydrogen-bond acceptors (Lipinski definition) is 13. The summed E-state index contributed by atoms with van der Waals surface area (Å²) >= 11 is 6.46. The Balaban J connectivity index is 0.839. The van der Waals surface area contributed by atoms with Crippen LogP contribution in [0.2, 0.25) is 5.02 Å². The van der Waals surface area contributed by atoms with E-state index in [1.54, 1.807) is 32.6 Å². The number of hydrogen-bond donors (Lipinski definition) is 3. The Bertz CT molecular complexity index is 2320. The van der Waals surface area contributed by atoms with E-state index in [2.05, 4.69) is 46.7 Å². The molecule has 5 heterocycles. The van der Waals surface area contributed by atoms with Crippen LogP contribution in [0.15, 0.2) is 66.9 Å². The summed E-state index contributed by atoms with van der Waals surface area (Å²) in [6.07, 6.45) is 1.73. The van der Waals surface area contributed by atoms with Gasteiger partial charge < -0.3 is 29.7 Å². The van der Waals surface area contributed by atoms with Gasteiger partial charge in [0.05, 0.1) is 35.8 Å². The molecule has 57 heavy (non-hydrogen) atoms. The van der Waals surface area contributed by atoms with Crippen molar-refractivity contribution in [1.29, 1.82) is 0 Å². The average molecular weight is 812 g/mol. The number of nitrogens with one attached hydrogen (secondary N) is 3. The van der Waals surface area contributed by atoms with Crippen molar-refractivity contribution >= 4 is 82.2 Å². The predicted octanol–water partition coefficient (Wildman–Crippen LogP) is 4.53. The van der Waals surface area contributed by atoms with E-state index in [4.69, 9.17) is 16.3 Å². The van der Waals surface area contributed by atoms with Gasteiger partial charge in [-0.2, -0.15) is 4.98 Å². The van der Waals surface area contributed by atoms with Crippen molar-refractivity contribution in [1.82, 2.24) is 25.1 Å². The van der Waals surface area contributed by atoms with Gasteiger partial charge in [0.1, 0.15) is 24.0 Å². The largest absolute Gasteiger partial charge is 0.494 e. The second kappa shape index (κ2) is 15.4. The second-order valence-corrected chi connectivity index (χ2v) is 18.7. The zero-order valence-corrected chi connectivity index (χ0v) is 33.5. The first kappa shape index (κ1) is 38.4. The minimum Gasteiger partial charge on any atom is -0.494 e. The number of rotatable bonds is 11. The highest BCUT2D eigenvalue weighted by molar-refractivity contribution is 7.70. The SMILES string of the molecule is COc1cc(N2CCN(CC3CN(c4ccc5c(c4)C(=O)N(C4CCC(=O)NC4=O)C5=O)C3)CC2)ccc1Nc1ncc(Cl)c(Nc2ccccc2P(C)(C)=O)n1. The Hall–Kier alpha value is -5.50. The van der Waals surface area contributed by atoms with Crippen molar-refractivity contribution in [2.24, 2.45) is 5.92 Å². The third-order valence-corrected chi connectivity index (χ3v) is 12.7. The summed E-state index contributed by atoms with van der Waals surface area (Å²) in [7, 11) is -0.932. The number of para-hydroxylation sites is 1. The number of carbonyl (C=O) groups excluding carboxylic acids is 4. The maximum atomic E-state index is 13.3. The fourth-order valence-corrected chi connectivity index (χ4v) is 9.19. The highest BCUT2D eigenvalue weighted by atomic mass is 35.5. The third kappa shape index (κ3) is 7.79. The van der Waals surface area contributed by atoms with Gasteiger partial charge in [0.25, 0.3) is 11.8 Å². The summed E-state index contributed by atoms with van der Waals surface area (Å²) in [5.74, 6) is -0.186. The molecule has 0 aliphatic carbocycles. The van der Waals surface area contributed by atoms with Crippen LogP contribution < -0.4 is 35.8 Å². The number of fused-ring (bicyclic) bond motifs is 1. The van der Waals surface area contributed by atoms with Crippen LogP contribution in [0.5, 0.6) is 5.75 Å². The predicted molar refractivity (Wildman–Crippen MR) is 220 cm³/mol. The van der Waals surface area contributed by atoms with Gasteiger partial charge in [-0.15, -0.1) is 0 Å². The Kier molecular flexibility index (Phi) is 10.4. The third-order valence-electron chi connectivity index (χ3n) is 10.9. The Morgan fingerprint density at radius 3 is 2.33 bits per heavy atom. The molecule has 17 heteroatoms. The molecule has 8 rings (SSSR count). The second-order valence-electron chi connectivity index (χ2n) is 15.1. The zero-order valence-electron chi connectivity index (χ0n) is 31.8. The van der Waals surface area contributed by atoms with E-state index < -0.39 is 36.8 Å². The molecule has 4 aliphatic heterocycles. The van der Waals surface area contributed by atoms with Crippen molar-refractivity contribution in [3.8, 4) is 5.75 Å². The minimum atomic E-state index is -2.56. The van der Waals surface area contributed by atoms with E-state index in [-0.39, 0.29) is 18.4 Å². The van der Waals surface area contributed by atoms with Crippen molar-refractivity contribution in [2.75, 3.05) is 86.7 Å². The topological polar surface area (TPSA) is 169 Å². The number of carbonyl (C=O) groups is 4. The van der Waals surface area contributed by atoms with Gasteiger partial charge in [-0.25, -0.2) is 4.98 Å². The van der Waals surface area contributed by atoms with E-state index in [9.17, 15) is 23.7 Å². The van der Waals surface area contributed by atoms with Crippen LogP contribution in [0.25, 0.3) is 0 Å². The van der Waals surface area contributed by atoms with Gasteiger partial charge in [-0.05, 0) is 62.2 Å². The summed E-state index contributed by atoms with van der Waals surface area (Å²) in [4.78, 5) is 67.4. The molecule has 1 aromatic heterocycles. The quantitative estimate of drug-likeness (QED) is 0.143. The molecule has 3 aromatic carbocycles. The zero-order chi connectivity index (χ0) is 40.0. The fraction of sp³-hybridized carbons (Fsp3) is 0.350. The van der Waals surface area contributed by atoms with Crippen LogP contribution in [0, 0.1) is 5.92 Å². The van der Waals surface area contributed by atoms with Crippen LogP contribution >= 0.6 is 18.7 Å². The molecule has 4 aromatic rings. The van der Waals surface area contributed by atoms with Crippen molar-refractivity contribution in [3.63, 3.8) is 0 Å². The first-order chi connectivity index (χ1) is 27.4. The van der Waals surface area contributed by atoms with Crippen LogP contribution in [0.1, 0.15) is 33.6 Å². The number of amides is 4. The van der Waals surface area contributed by atoms with E-state index in [0.29, 0.717) is 50.7 Å². The summed E-state index contributed by atoms with van der Waals surface area (Å²) in [5, 5.41) is 9.75. The molecule has 4 aliphatic rings. The number of methoxy groups -OCH3 is 1. The summed E-state index contributed by atoms with van der Waals surface area (Å²) in [6.45, 7) is 9.62. The molecule has 0 bridgehead atoms.